The lowest BCUT2D eigenvalue weighted by molar-refractivity contribution is -0.119. The van der Waals surface area contributed by atoms with E-state index in [2.05, 4.69) is 20.8 Å². The van der Waals surface area contributed by atoms with Crippen molar-refractivity contribution < 1.29 is 23.1 Å². The van der Waals surface area contributed by atoms with E-state index in [1.165, 1.54) is 17.9 Å². The second-order valence-electron chi connectivity index (χ2n) is 7.04. The number of amides is 2. The Bertz CT molecular complexity index is 1080. The summed E-state index contributed by atoms with van der Waals surface area (Å²) in [4.78, 5) is 24.3. The molecule has 1 unspecified atom stereocenters. The summed E-state index contributed by atoms with van der Waals surface area (Å²) >= 11 is 0. The Hall–Kier alpha value is -3.89. The molecule has 2 heterocycles. The molecule has 31 heavy (non-hydrogen) atoms. The SMILES string of the molecule is CC(=O)NCC1CN(c2cc(F)c(-c3ccc(Cn4cnnn4)cc3)c(F)c2)C(=O)O1. The van der Waals surface area contributed by atoms with Gasteiger partial charge in [0.05, 0.1) is 30.9 Å². The second kappa shape index (κ2) is 8.46. The third kappa shape index (κ3) is 4.49. The average Bonchev–Trinajstić information content (AvgIpc) is 3.36. The molecule has 1 atom stereocenters. The number of anilines is 1. The number of cyclic esters (lactones) is 1. The number of hydrogen-bond donors (Lipinski definition) is 1. The Balaban J connectivity index is 1.52. The zero-order valence-corrected chi connectivity index (χ0v) is 16.5. The predicted molar refractivity (Wildman–Crippen MR) is 105 cm³/mol. The maximum Gasteiger partial charge on any atom is 0.414 e. The zero-order valence-electron chi connectivity index (χ0n) is 16.5. The normalized spacial score (nSPS) is 15.8. The molecule has 2 aromatic carbocycles. The first-order chi connectivity index (χ1) is 14.9. The lowest BCUT2D eigenvalue weighted by atomic mass is 10.0. The number of carbonyl (C=O) groups excluding carboxylic acids is 2. The number of nitrogens with one attached hydrogen (secondary N) is 1. The minimum atomic E-state index is -0.804. The Morgan fingerprint density at radius 3 is 2.55 bits per heavy atom. The number of ether oxygens (including phenoxy) is 1. The number of rotatable bonds is 6. The van der Waals surface area contributed by atoms with Gasteiger partial charge in [0.1, 0.15) is 24.1 Å². The molecule has 0 spiro atoms. The van der Waals surface area contributed by atoms with Crippen LogP contribution in [0.2, 0.25) is 0 Å². The van der Waals surface area contributed by atoms with Gasteiger partial charge < -0.3 is 10.1 Å². The van der Waals surface area contributed by atoms with Gasteiger partial charge in [0, 0.05) is 6.92 Å². The molecule has 4 rings (SSSR count). The fourth-order valence-corrected chi connectivity index (χ4v) is 3.30. The van der Waals surface area contributed by atoms with Gasteiger partial charge in [0.15, 0.2) is 0 Å². The molecule has 1 N–H and O–H groups in total. The molecule has 1 aliphatic rings. The zero-order chi connectivity index (χ0) is 22.0. The highest BCUT2D eigenvalue weighted by Gasteiger charge is 2.33. The van der Waals surface area contributed by atoms with Crippen LogP contribution >= 0.6 is 0 Å². The van der Waals surface area contributed by atoms with Crippen LogP contribution in [0.25, 0.3) is 11.1 Å². The smallest absolute Gasteiger partial charge is 0.414 e. The van der Waals surface area contributed by atoms with Gasteiger partial charge in [0.25, 0.3) is 0 Å². The van der Waals surface area contributed by atoms with Crippen LogP contribution in [0, 0.1) is 11.6 Å². The lowest BCUT2D eigenvalue weighted by Gasteiger charge is -2.15. The predicted octanol–water partition coefficient (Wildman–Crippen LogP) is 2.13. The van der Waals surface area contributed by atoms with Gasteiger partial charge in [-0.15, -0.1) is 5.10 Å². The van der Waals surface area contributed by atoms with Crippen LogP contribution in [-0.4, -0.2) is 51.4 Å². The van der Waals surface area contributed by atoms with Crippen LogP contribution in [0.4, 0.5) is 19.3 Å². The van der Waals surface area contributed by atoms with E-state index in [1.807, 2.05) is 0 Å². The van der Waals surface area contributed by atoms with Crippen molar-refractivity contribution in [2.45, 2.75) is 19.6 Å². The molecule has 0 bridgehead atoms. The van der Waals surface area contributed by atoms with Gasteiger partial charge in [-0.25, -0.2) is 18.3 Å². The summed E-state index contributed by atoms with van der Waals surface area (Å²) in [6.07, 6.45) is 0.138. The molecule has 2 amide bonds. The second-order valence-corrected chi connectivity index (χ2v) is 7.04. The van der Waals surface area contributed by atoms with Crippen molar-refractivity contribution in [3.05, 3.63) is 59.9 Å². The van der Waals surface area contributed by atoms with Gasteiger partial charge >= 0.3 is 6.09 Å². The van der Waals surface area contributed by atoms with Crippen LogP contribution < -0.4 is 10.2 Å². The first kappa shape index (κ1) is 20.4. The maximum absolute atomic E-state index is 14.8. The Morgan fingerprint density at radius 1 is 1.23 bits per heavy atom. The summed E-state index contributed by atoms with van der Waals surface area (Å²) in [6, 6.07) is 8.86. The topological polar surface area (TPSA) is 102 Å². The number of nitrogens with zero attached hydrogens (tertiary/aromatic N) is 5. The summed E-state index contributed by atoms with van der Waals surface area (Å²) in [7, 11) is 0. The first-order valence-electron chi connectivity index (χ1n) is 9.42. The third-order valence-electron chi connectivity index (χ3n) is 4.77. The third-order valence-corrected chi connectivity index (χ3v) is 4.77. The van der Waals surface area contributed by atoms with Crippen molar-refractivity contribution in [1.29, 1.82) is 0 Å². The Labute approximate surface area is 175 Å². The largest absolute Gasteiger partial charge is 0.442 e. The molecule has 0 saturated carbocycles. The highest BCUT2D eigenvalue weighted by atomic mass is 19.1. The summed E-state index contributed by atoms with van der Waals surface area (Å²) in [5, 5.41) is 13.4. The van der Waals surface area contributed by atoms with Gasteiger partial charge in [-0.2, -0.15) is 0 Å². The van der Waals surface area contributed by atoms with Crippen LogP contribution in [0.5, 0.6) is 0 Å². The Kier molecular flexibility index (Phi) is 5.56. The quantitative estimate of drug-likeness (QED) is 0.645. The fraction of sp³-hybridized carbons (Fsp3) is 0.250. The molecule has 3 aromatic rings. The molecule has 1 aliphatic heterocycles. The van der Waals surface area contributed by atoms with Crippen molar-refractivity contribution in [1.82, 2.24) is 25.5 Å². The van der Waals surface area contributed by atoms with E-state index in [-0.39, 0.29) is 30.2 Å². The first-order valence-corrected chi connectivity index (χ1v) is 9.42. The van der Waals surface area contributed by atoms with E-state index >= 15 is 0 Å². The average molecular weight is 428 g/mol. The number of halogens is 2. The minimum absolute atomic E-state index is 0.0457. The van der Waals surface area contributed by atoms with Crippen molar-refractivity contribution >= 4 is 17.7 Å². The van der Waals surface area contributed by atoms with E-state index < -0.39 is 23.8 Å². The van der Waals surface area contributed by atoms with E-state index in [4.69, 9.17) is 4.74 Å². The van der Waals surface area contributed by atoms with Gasteiger partial charge in [-0.1, -0.05) is 24.3 Å². The summed E-state index contributed by atoms with van der Waals surface area (Å²) in [5.74, 6) is -1.87. The monoisotopic (exact) mass is 428 g/mol. The molecule has 11 heteroatoms. The number of aromatic nitrogens is 4. The molecule has 9 nitrogen and oxygen atoms in total. The Morgan fingerprint density at radius 2 is 1.94 bits per heavy atom. The van der Waals surface area contributed by atoms with E-state index in [0.29, 0.717) is 12.1 Å². The minimum Gasteiger partial charge on any atom is -0.442 e. The van der Waals surface area contributed by atoms with Crippen molar-refractivity contribution in [3.8, 4) is 11.1 Å². The molecular formula is C20H18F2N6O3. The van der Waals surface area contributed by atoms with Crippen molar-refractivity contribution in [2.75, 3.05) is 18.0 Å². The summed E-state index contributed by atoms with van der Waals surface area (Å²) in [6.45, 7) is 1.96. The van der Waals surface area contributed by atoms with Gasteiger partial charge in [-0.05, 0) is 33.7 Å². The van der Waals surface area contributed by atoms with E-state index in [1.54, 1.807) is 24.3 Å². The molecular weight excluding hydrogens is 410 g/mol. The molecule has 0 radical (unpaired) electrons. The van der Waals surface area contributed by atoms with E-state index in [9.17, 15) is 18.4 Å². The summed E-state index contributed by atoms with van der Waals surface area (Å²) in [5.41, 5.74) is 1.07. The van der Waals surface area contributed by atoms with Crippen LogP contribution in [-0.2, 0) is 16.1 Å². The van der Waals surface area contributed by atoms with Gasteiger partial charge in [0.2, 0.25) is 5.91 Å². The summed E-state index contributed by atoms with van der Waals surface area (Å²) < 4.78 is 36.3. The molecule has 0 aliphatic carbocycles. The van der Waals surface area contributed by atoms with Crippen LogP contribution in [0.3, 0.4) is 0 Å². The van der Waals surface area contributed by atoms with Crippen molar-refractivity contribution in [2.24, 2.45) is 0 Å². The van der Waals surface area contributed by atoms with Crippen molar-refractivity contribution in [3.63, 3.8) is 0 Å². The van der Waals surface area contributed by atoms with E-state index in [0.717, 1.165) is 22.6 Å². The molecule has 160 valence electrons. The lowest BCUT2D eigenvalue weighted by Crippen LogP contribution is -2.33. The highest BCUT2D eigenvalue weighted by molar-refractivity contribution is 5.90. The number of hydrogen-bond acceptors (Lipinski definition) is 6. The van der Waals surface area contributed by atoms with Crippen LogP contribution in [0.1, 0.15) is 12.5 Å². The number of tetrazole rings is 1. The maximum atomic E-state index is 14.8. The fourth-order valence-electron chi connectivity index (χ4n) is 3.30. The number of benzene rings is 2. The standard InChI is InChI=1S/C20H18F2N6O3/c1-12(29)23-8-16-10-28(20(30)31-16)15-6-17(21)19(18(22)7-15)14-4-2-13(3-5-14)9-27-11-24-25-26-27/h2-7,11,16H,8-10H2,1H3,(H,23,29). The van der Waals surface area contributed by atoms with Crippen LogP contribution in [0.15, 0.2) is 42.7 Å². The molecule has 1 saturated heterocycles. The molecule has 1 fully saturated rings. The van der Waals surface area contributed by atoms with Gasteiger partial charge in [-0.3, -0.25) is 9.69 Å². The highest BCUT2D eigenvalue weighted by Crippen LogP contribution is 2.32. The molecule has 1 aromatic heterocycles. The number of carbonyl (C=O) groups is 2.